The van der Waals surface area contributed by atoms with Gasteiger partial charge in [0.2, 0.25) is 5.91 Å². The largest absolute Gasteiger partial charge is 0.481 e. The molecule has 1 aromatic heterocycles. The molecule has 5 rings (SSSR count). The predicted octanol–water partition coefficient (Wildman–Crippen LogP) is 6.39. The molecule has 4 N–H and O–H groups in total. The van der Waals surface area contributed by atoms with Crippen LogP contribution in [0.4, 0.5) is 11.5 Å². The monoisotopic (exact) mass is 731 g/mol. The van der Waals surface area contributed by atoms with Gasteiger partial charge in [-0.2, -0.15) is 0 Å². The van der Waals surface area contributed by atoms with Crippen LogP contribution in [0.15, 0.2) is 97.1 Å². The van der Waals surface area contributed by atoms with E-state index >= 15 is 0 Å². The second-order valence-corrected chi connectivity index (χ2v) is 13.2. The number of esters is 1. The van der Waals surface area contributed by atoms with E-state index in [1.165, 1.54) is 12.0 Å². The predicted molar refractivity (Wildman–Crippen MR) is 208 cm³/mol. The third-order valence-corrected chi connectivity index (χ3v) is 9.13. The Kier molecular flexibility index (Phi) is 13.3. The van der Waals surface area contributed by atoms with Crippen LogP contribution >= 0.6 is 0 Å². The number of carbonyl (C=O) groups excluding carboxylic acids is 4. The lowest BCUT2D eigenvalue weighted by Gasteiger charge is -2.22. The minimum atomic E-state index is -1.00. The third kappa shape index (κ3) is 10.6. The van der Waals surface area contributed by atoms with Gasteiger partial charge in [0.05, 0.1) is 24.7 Å². The normalized spacial score (nSPS) is 11.0. The minimum Gasteiger partial charge on any atom is -0.481 e. The van der Waals surface area contributed by atoms with Gasteiger partial charge in [-0.25, -0.2) is 4.79 Å². The molecule has 0 aliphatic rings. The number of likely N-dealkylation sites (N-methyl/N-ethyl adjacent to an activating group) is 2. The Hall–Kier alpha value is -6.27. The van der Waals surface area contributed by atoms with Crippen molar-refractivity contribution in [2.45, 2.75) is 38.6 Å². The van der Waals surface area contributed by atoms with Gasteiger partial charge < -0.3 is 35.3 Å². The van der Waals surface area contributed by atoms with Crippen molar-refractivity contribution < 1.29 is 33.8 Å². The average molecular weight is 732 g/mol. The van der Waals surface area contributed by atoms with Crippen LogP contribution < -0.4 is 10.6 Å². The molecule has 0 fully saturated rings. The van der Waals surface area contributed by atoms with Gasteiger partial charge in [-0.3, -0.25) is 19.2 Å². The van der Waals surface area contributed by atoms with E-state index in [1.54, 1.807) is 37.4 Å². The number of fused-ring (bicyclic) bond motifs is 1. The number of hydrogen-bond acceptors (Lipinski definition) is 7. The topological polar surface area (TPSA) is 161 Å². The lowest BCUT2D eigenvalue weighted by Crippen LogP contribution is -2.34. The lowest BCUT2D eigenvalue weighted by molar-refractivity contribution is -0.140. The Morgan fingerprint density at radius 3 is 2.09 bits per heavy atom. The summed E-state index contributed by atoms with van der Waals surface area (Å²) in [7, 11) is 4.92. The number of anilines is 2. The van der Waals surface area contributed by atoms with E-state index in [0.717, 1.165) is 36.0 Å². The molecule has 0 spiro atoms. The molecule has 0 saturated heterocycles. The molecular weight excluding hydrogens is 686 g/mol. The van der Waals surface area contributed by atoms with Crippen molar-refractivity contribution >= 4 is 52.1 Å². The second kappa shape index (κ2) is 18.5. The number of aromatic amines is 1. The number of nitrogens with zero attached hydrogens (tertiary/aromatic N) is 2. The van der Waals surface area contributed by atoms with Crippen LogP contribution in [-0.4, -0.2) is 83.8 Å². The molecule has 0 unspecified atom stereocenters. The van der Waals surface area contributed by atoms with E-state index in [1.807, 2.05) is 78.7 Å². The van der Waals surface area contributed by atoms with E-state index in [-0.39, 0.29) is 42.4 Å². The maximum atomic E-state index is 13.8. The Balaban J connectivity index is 1.18. The quantitative estimate of drug-likeness (QED) is 0.0801. The van der Waals surface area contributed by atoms with Crippen molar-refractivity contribution in [3.63, 3.8) is 0 Å². The van der Waals surface area contributed by atoms with Crippen molar-refractivity contribution in [1.29, 1.82) is 0 Å². The molecule has 5 aromatic rings. The van der Waals surface area contributed by atoms with E-state index in [9.17, 15) is 24.0 Å². The number of hydrogen-bond donors (Lipinski definition) is 4. The lowest BCUT2D eigenvalue weighted by atomic mass is 10.0. The summed E-state index contributed by atoms with van der Waals surface area (Å²) in [6.07, 6.45) is 2.38. The van der Waals surface area contributed by atoms with E-state index in [0.29, 0.717) is 52.9 Å². The van der Waals surface area contributed by atoms with Gasteiger partial charge in [-0.1, -0.05) is 54.6 Å². The number of nitrogens with one attached hydrogen (secondary N) is 3. The fourth-order valence-corrected chi connectivity index (χ4v) is 6.08. The van der Waals surface area contributed by atoms with Gasteiger partial charge in [0, 0.05) is 55.3 Å². The van der Waals surface area contributed by atoms with Crippen LogP contribution in [0.2, 0.25) is 0 Å². The first-order valence-electron chi connectivity index (χ1n) is 17.7. The minimum absolute atomic E-state index is 0.0415. The number of para-hydroxylation sites is 1. The maximum absolute atomic E-state index is 13.8. The van der Waals surface area contributed by atoms with Crippen molar-refractivity contribution in [1.82, 2.24) is 14.8 Å². The number of carbonyl (C=O) groups is 5. The highest BCUT2D eigenvalue weighted by atomic mass is 16.5. The number of benzene rings is 4. The summed E-state index contributed by atoms with van der Waals surface area (Å²) in [6, 6.07) is 29.7. The fraction of sp³-hybridized carbons (Fsp3) is 0.262. The van der Waals surface area contributed by atoms with Gasteiger partial charge in [0.15, 0.2) is 0 Å². The van der Waals surface area contributed by atoms with Crippen molar-refractivity contribution in [3.8, 4) is 0 Å². The van der Waals surface area contributed by atoms with Crippen molar-refractivity contribution in [2.75, 3.05) is 44.9 Å². The molecule has 54 heavy (non-hydrogen) atoms. The molecule has 280 valence electrons. The summed E-state index contributed by atoms with van der Waals surface area (Å²) < 4.78 is 4.76. The highest BCUT2D eigenvalue weighted by molar-refractivity contribution is 6.19. The van der Waals surface area contributed by atoms with Gasteiger partial charge in [0.1, 0.15) is 5.82 Å². The second-order valence-electron chi connectivity index (χ2n) is 13.2. The number of aryl methyl sites for hydroxylation is 2. The van der Waals surface area contributed by atoms with Crippen molar-refractivity contribution in [3.05, 3.63) is 130 Å². The van der Waals surface area contributed by atoms with E-state index in [2.05, 4.69) is 15.6 Å². The van der Waals surface area contributed by atoms with Crippen LogP contribution in [0.1, 0.15) is 67.0 Å². The van der Waals surface area contributed by atoms with Gasteiger partial charge in [-0.15, -0.1) is 0 Å². The Labute approximate surface area is 314 Å². The molecule has 12 nitrogen and oxygen atoms in total. The zero-order valence-electron chi connectivity index (χ0n) is 30.7. The standard InChI is InChI=1S/C42H45N5O7/c1-46(24-25-47(2)36(48)22-23-37(49)50)27-30-10-7-11-32(26-30)40(51)45-39-38(34-12-4-5-13-35(34)44-39)41(52)43-33-20-16-29(17-21-33)9-6-8-28-14-18-31(19-15-28)42(53)54-3/h4-5,7,10-21,26,44H,6,8-9,22-25,27H2,1-3H3,(H,43,52)(H,45,51)(H,49,50). The highest BCUT2D eigenvalue weighted by Gasteiger charge is 2.21. The number of amides is 3. The number of ether oxygens (including phenoxy) is 1. The van der Waals surface area contributed by atoms with Crippen LogP contribution in [0.25, 0.3) is 10.9 Å². The molecule has 0 saturated carbocycles. The van der Waals surface area contributed by atoms with Crippen molar-refractivity contribution in [2.24, 2.45) is 0 Å². The zero-order valence-corrected chi connectivity index (χ0v) is 30.7. The number of aliphatic carboxylic acids is 1. The van der Waals surface area contributed by atoms with Gasteiger partial charge in [-0.05, 0) is 85.5 Å². The first-order chi connectivity index (χ1) is 26.0. The van der Waals surface area contributed by atoms with Crippen LogP contribution in [0.3, 0.4) is 0 Å². The van der Waals surface area contributed by atoms with Crippen LogP contribution in [0.5, 0.6) is 0 Å². The first-order valence-corrected chi connectivity index (χ1v) is 17.7. The first kappa shape index (κ1) is 38.9. The number of rotatable bonds is 17. The summed E-state index contributed by atoms with van der Waals surface area (Å²) in [5, 5.41) is 15.4. The third-order valence-electron chi connectivity index (χ3n) is 9.13. The van der Waals surface area contributed by atoms with Crippen LogP contribution in [0, 0.1) is 0 Å². The molecular formula is C42H45N5O7. The number of aromatic nitrogens is 1. The summed E-state index contributed by atoms with van der Waals surface area (Å²) >= 11 is 0. The maximum Gasteiger partial charge on any atom is 0.337 e. The average Bonchev–Trinajstić information content (AvgIpc) is 3.54. The summed E-state index contributed by atoms with van der Waals surface area (Å²) in [6.45, 7) is 1.50. The highest BCUT2D eigenvalue weighted by Crippen LogP contribution is 2.28. The smallest absolute Gasteiger partial charge is 0.337 e. The molecule has 12 heteroatoms. The number of methoxy groups -OCH3 is 1. The van der Waals surface area contributed by atoms with Gasteiger partial charge >= 0.3 is 11.9 Å². The fourth-order valence-electron chi connectivity index (χ4n) is 6.08. The molecule has 0 radical (unpaired) electrons. The molecule has 1 heterocycles. The molecule has 0 bridgehead atoms. The Morgan fingerprint density at radius 1 is 0.722 bits per heavy atom. The number of H-pyrrole nitrogens is 1. The Bertz CT molecular complexity index is 2110. The number of carboxylic acids is 1. The van der Waals surface area contributed by atoms with E-state index < -0.39 is 5.97 Å². The van der Waals surface area contributed by atoms with Crippen LogP contribution in [-0.2, 0) is 33.7 Å². The molecule has 4 aromatic carbocycles. The number of carboxylic acid groups (broad SMARTS) is 1. The summed E-state index contributed by atoms with van der Waals surface area (Å²) in [4.78, 5) is 68.7. The molecule has 0 aliphatic heterocycles. The van der Waals surface area contributed by atoms with E-state index in [4.69, 9.17) is 9.84 Å². The zero-order chi connectivity index (χ0) is 38.6. The van der Waals surface area contributed by atoms with Gasteiger partial charge in [0.25, 0.3) is 11.8 Å². The summed E-state index contributed by atoms with van der Waals surface area (Å²) in [5.74, 6) is -2.05. The molecule has 0 aliphatic carbocycles. The molecule has 0 atom stereocenters. The Morgan fingerprint density at radius 2 is 1.41 bits per heavy atom. The molecule has 3 amide bonds. The summed E-state index contributed by atoms with van der Waals surface area (Å²) in [5.41, 5.74) is 5.74. The SMILES string of the molecule is COC(=O)c1ccc(CCCc2ccc(NC(=O)c3c(NC(=O)c4cccc(CN(C)CCN(C)C(=O)CCC(=O)O)c4)[nH]c4ccccc34)cc2)cc1.